The summed E-state index contributed by atoms with van der Waals surface area (Å²) in [6, 6.07) is 7.33. The van der Waals surface area contributed by atoms with Gasteiger partial charge in [-0.2, -0.15) is 5.10 Å². The largest absolute Gasteiger partial charge is 0.344 e. The molecule has 2 aromatic heterocycles. The van der Waals surface area contributed by atoms with Crippen molar-refractivity contribution in [3.05, 3.63) is 64.7 Å². The molecule has 0 saturated carbocycles. The number of aryl methyl sites for hydroxylation is 1. The van der Waals surface area contributed by atoms with Gasteiger partial charge in [-0.3, -0.25) is 9.48 Å². The van der Waals surface area contributed by atoms with E-state index in [4.69, 9.17) is 11.6 Å². The van der Waals surface area contributed by atoms with E-state index in [9.17, 15) is 4.79 Å². The molecule has 1 aromatic carbocycles. The molecule has 3 aromatic rings. The van der Waals surface area contributed by atoms with Gasteiger partial charge in [0, 0.05) is 23.8 Å². The van der Waals surface area contributed by atoms with Crippen LogP contribution in [0.25, 0.3) is 0 Å². The lowest BCUT2D eigenvalue weighted by molar-refractivity contribution is 0.0934. The van der Waals surface area contributed by atoms with Crippen molar-refractivity contribution < 1.29 is 4.79 Å². The fourth-order valence-corrected chi connectivity index (χ4v) is 2.49. The highest BCUT2D eigenvalue weighted by atomic mass is 35.5. The molecule has 0 aliphatic heterocycles. The van der Waals surface area contributed by atoms with Gasteiger partial charge in [0.2, 0.25) is 0 Å². The molecule has 0 fully saturated rings. The number of hydrogen-bond donors (Lipinski definition) is 1. The van der Waals surface area contributed by atoms with Crippen molar-refractivity contribution in [2.45, 2.75) is 19.5 Å². The van der Waals surface area contributed by atoms with E-state index in [-0.39, 0.29) is 17.6 Å². The maximum atomic E-state index is 12.3. The van der Waals surface area contributed by atoms with Gasteiger partial charge in [0.05, 0.1) is 25.0 Å². The van der Waals surface area contributed by atoms with E-state index < -0.39 is 0 Å². The van der Waals surface area contributed by atoms with Crippen LogP contribution in [0.4, 0.5) is 0 Å². The Hall–Kier alpha value is -2.67. The molecule has 2 heterocycles. The van der Waals surface area contributed by atoms with E-state index >= 15 is 0 Å². The standard InChI is InChI=1S/C16H17ClN6O/c1-11(13-7-18-22(2)8-13)19-16(24)15-10-23(21-20-15)9-12-5-3-4-6-14(12)17/h3-8,10-11H,9H2,1-2H3,(H,19,24)/t11-/m0/s1. The van der Waals surface area contributed by atoms with Crippen LogP contribution in [-0.4, -0.2) is 30.7 Å². The van der Waals surface area contributed by atoms with Crippen molar-refractivity contribution in [2.24, 2.45) is 7.05 Å². The lowest BCUT2D eigenvalue weighted by atomic mass is 10.2. The first kappa shape index (κ1) is 16.2. The second-order valence-electron chi connectivity index (χ2n) is 5.54. The van der Waals surface area contributed by atoms with Gasteiger partial charge in [-0.05, 0) is 18.6 Å². The molecule has 3 rings (SSSR count). The molecule has 8 heteroatoms. The van der Waals surface area contributed by atoms with Gasteiger partial charge in [-0.1, -0.05) is 35.0 Å². The average Bonchev–Trinajstić information content (AvgIpc) is 3.19. The number of aromatic nitrogens is 5. The predicted molar refractivity (Wildman–Crippen MR) is 89.7 cm³/mol. The number of rotatable bonds is 5. The van der Waals surface area contributed by atoms with Crippen LogP contribution in [0.1, 0.15) is 34.6 Å². The molecule has 24 heavy (non-hydrogen) atoms. The minimum Gasteiger partial charge on any atom is -0.344 e. The number of carbonyl (C=O) groups is 1. The number of amides is 1. The summed E-state index contributed by atoms with van der Waals surface area (Å²) in [5.41, 5.74) is 2.10. The Balaban J connectivity index is 1.66. The summed E-state index contributed by atoms with van der Waals surface area (Å²) >= 11 is 6.13. The molecule has 0 unspecified atom stereocenters. The lowest BCUT2D eigenvalue weighted by Gasteiger charge is -2.10. The van der Waals surface area contributed by atoms with Crippen LogP contribution in [0.2, 0.25) is 5.02 Å². The van der Waals surface area contributed by atoms with Crippen LogP contribution in [0, 0.1) is 0 Å². The van der Waals surface area contributed by atoms with Crippen molar-refractivity contribution in [3.63, 3.8) is 0 Å². The highest BCUT2D eigenvalue weighted by molar-refractivity contribution is 6.31. The molecule has 124 valence electrons. The third kappa shape index (κ3) is 3.62. The van der Waals surface area contributed by atoms with Gasteiger partial charge in [0.25, 0.3) is 5.91 Å². The summed E-state index contributed by atoms with van der Waals surface area (Å²) in [5.74, 6) is -0.281. The third-order valence-corrected chi connectivity index (χ3v) is 4.00. The maximum Gasteiger partial charge on any atom is 0.273 e. The minimum absolute atomic E-state index is 0.167. The van der Waals surface area contributed by atoms with Crippen molar-refractivity contribution in [1.29, 1.82) is 0 Å². The number of nitrogens with zero attached hydrogens (tertiary/aromatic N) is 5. The molecule has 7 nitrogen and oxygen atoms in total. The van der Waals surface area contributed by atoms with Crippen LogP contribution >= 0.6 is 11.6 Å². The monoisotopic (exact) mass is 344 g/mol. The van der Waals surface area contributed by atoms with E-state index in [0.29, 0.717) is 11.6 Å². The van der Waals surface area contributed by atoms with Crippen molar-refractivity contribution in [3.8, 4) is 0 Å². The molecular weight excluding hydrogens is 328 g/mol. The second-order valence-corrected chi connectivity index (χ2v) is 5.94. The summed E-state index contributed by atoms with van der Waals surface area (Å²) < 4.78 is 3.28. The zero-order valence-corrected chi connectivity index (χ0v) is 14.1. The van der Waals surface area contributed by atoms with Crippen molar-refractivity contribution in [1.82, 2.24) is 30.1 Å². The highest BCUT2D eigenvalue weighted by Crippen LogP contribution is 2.16. The molecule has 0 aliphatic carbocycles. The molecular formula is C16H17ClN6O. The van der Waals surface area contributed by atoms with Gasteiger partial charge >= 0.3 is 0 Å². The molecule has 0 saturated heterocycles. The van der Waals surface area contributed by atoms with Gasteiger partial charge in [0.15, 0.2) is 5.69 Å². The number of nitrogens with one attached hydrogen (secondary N) is 1. The van der Waals surface area contributed by atoms with Crippen LogP contribution < -0.4 is 5.32 Å². The second kappa shape index (κ2) is 6.84. The Labute approximate surface area is 144 Å². The normalized spacial score (nSPS) is 12.1. The van der Waals surface area contributed by atoms with E-state index in [2.05, 4.69) is 20.7 Å². The lowest BCUT2D eigenvalue weighted by Crippen LogP contribution is -2.26. The van der Waals surface area contributed by atoms with Gasteiger partial charge in [0.1, 0.15) is 0 Å². The minimum atomic E-state index is -0.281. The molecule has 0 spiro atoms. The zero-order chi connectivity index (χ0) is 17.1. The van der Waals surface area contributed by atoms with Crippen LogP contribution in [0.15, 0.2) is 42.9 Å². The van der Waals surface area contributed by atoms with Gasteiger partial charge < -0.3 is 5.32 Å². The van der Waals surface area contributed by atoms with Gasteiger partial charge in [-0.15, -0.1) is 5.10 Å². The number of benzene rings is 1. The molecule has 1 N–H and O–H groups in total. The predicted octanol–water partition coefficient (Wildman–Crippen LogP) is 2.20. The topological polar surface area (TPSA) is 77.6 Å². The average molecular weight is 345 g/mol. The van der Waals surface area contributed by atoms with Crippen LogP contribution in [0.3, 0.4) is 0 Å². The van der Waals surface area contributed by atoms with Crippen molar-refractivity contribution in [2.75, 3.05) is 0 Å². The summed E-state index contributed by atoms with van der Waals surface area (Å²) in [6.07, 6.45) is 5.19. The van der Waals surface area contributed by atoms with Crippen LogP contribution in [0.5, 0.6) is 0 Å². The molecule has 1 atom stereocenters. The van der Waals surface area contributed by atoms with E-state index in [0.717, 1.165) is 11.1 Å². The van der Waals surface area contributed by atoms with E-state index in [1.807, 2.05) is 44.4 Å². The fourth-order valence-electron chi connectivity index (χ4n) is 2.30. The fraction of sp³-hybridized carbons (Fsp3) is 0.250. The van der Waals surface area contributed by atoms with E-state index in [1.165, 1.54) is 0 Å². The summed E-state index contributed by atoms with van der Waals surface area (Å²) in [7, 11) is 1.83. The molecule has 1 amide bonds. The summed E-state index contributed by atoms with van der Waals surface area (Å²) in [6.45, 7) is 2.35. The summed E-state index contributed by atoms with van der Waals surface area (Å²) in [4.78, 5) is 12.3. The first-order valence-electron chi connectivity index (χ1n) is 7.46. The quantitative estimate of drug-likeness (QED) is 0.769. The first-order chi connectivity index (χ1) is 11.5. The maximum absolute atomic E-state index is 12.3. The molecule has 0 aliphatic rings. The third-order valence-electron chi connectivity index (χ3n) is 3.63. The number of halogens is 1. The number of carbonyl (C=O) groups excluding carboxylic acids is 1. The van der Waals surface area contributed by atoms with E-state index in [1.54, 1.807) is 21.8 Å². The molecule has 0 radical (unpaired) electrons. The number of hydrogen-bond acceptors (Lipinski definition) is 4. The molecule has 0 bridgehead atoms. The highest BCUT2D eigenvalue weighted by Gasteiger charge is 2.16. The Kier molecular flexibility index (Phi) is 4.61. The Morgan fingerprint density at radius 2 is 2.12 bits per heavy atom. The smallest absolute Gasteiger partial charge is 0.273 e. The van der Waals surface area contributed by atoms with Crippen molar-refractivity contribution >= 4 is 17.5 Å². The Bertz CT molecular complexity index is 856. The SMILES string of the molecule is C[C@H](NC(=O)c1cn(Cc2ccccc2Cl)nn1)c1cnn(C)c1. The summed E-state index contributed by atoms with van der Waals surface area (Å²) in [5, 5.41) is 15.6. The first-order valence-corrected chi connectivity index (χ1v) is 7.83. The van der Waals surface area contributed by atoms with Crippen LogP contribution in [-0.2, 0) is 13.6 Å². The zero-order valence-electron chi connectivity index (χ0n) is 13.3. The van der Waals surface area contributed by atoms with Gasteiger partial charge in [-0.25, -0.2) is 4.68 Å². The Morgan fingerprint density at radius 1 is 1.33 bits per heavy atom. The Morgan fingerprint density at radius 3 is 2.83 bits per heavy atom.